The van der Waals surface area contributed by atoms with Crippen molar-refractivity contribution in [3.05, 3.63) is 23.5 Å². The number of carbonyl (C=O) groups is 1. The zero-order valence-corrected chi connectivity index (χ0v) is 14.1. The monoisotopic (exact) mass is 356 g/mol. The molecule has 138 valence electrons. The molecule has 0 aromatic rings. The number of halogens is 3. The van der Waals surface area contributed by atoms with Crippen molar-refractivity contribution in [3.8, 4) is 0 Å². The van der Waals surface area contributed by atoms with Gasteiger partial charge in [0.05, 0.1) is 16.7 Å². The number of likely N-dealkylation sites (N-methyl/N-ethyl adjacent to an activating group) is 1. The van der Waals surface area contributed by atoms with E-state index in [2.05, 4.69) is 5.32 Å². The van der Waals surface area contributed by atoms with Crippen LogP contribution in [0.4, 0.5) is 13.2 Å². The van der Waals surface area contributed by atoms with Crippen molar-refractivity contribution >= 4 is 5.91 Å². The van der Waals surface area contributed by atoms with Gasteiger partial charge in [0.15, 0.2) is 6.23 Å². The molecule has 0 saturated heterocycles. The van der Waals surface area contributed by atoms with E-state index >= 15 is 0 Å². The molecule has 0 aromatic carbocycles. The zero-order valence-electron chi connectivity index (χ0n) is 14.1. The summed E-state index contributed by atoms with van der Waals surface area (Å²) in [6, 6.07) is 0. The topological polar surface area (TPSA) is 52.6 Å². The summed E-state index contributed by atoms with van der Waals surface area (Å²) in [7, 11) is 1.36. The quantitative estimate of drug-likeness (QED) is 0.800. The fraction of sp³-hybridized carbons (Fsp3) is 0.722. The molecule has 4 fully saturated rings. The van der Waals surface area contributed by atoms with Crippen molar-refractivity contribution in [1.29, 1.82) is 0 Å². The normalized spacial score (nSPS) is 40.0. The minimum Gasteiger partial charge on any atom is -0.368 e. The number of nitrogens with one attached hydrogen (secondary N) is 1. The molecule has 1 amide bonds. The zero-order chi connectivity index (χ0) is 18.0. The molecule has 2 N–H and O–H groups in total. The van der Waals surface area contributed by atoms with Crippen LogP contribution in [-0.4, -0.2) is 35.4 Å². The van der Waals surface area contributed by atoms with Gasteiger partial charge in [0, 0.05) is 13.2 Å². The van der Waals surface area contributed by atoms with Crippen LogP contribution in [0.5, 0.6) is 0 Å². The molecule has 7 heteroatoms. The number of aliphatic hydroxyl groups is 1. The minimum absolute atomic E-state index is 0.0851. The Bertz CT molecular complexity index is 618. The smallest absolute Gasteiger partial charge is 0.368 e. The van der Waals surface area contributed by atoms with E-state index in [4.69, 9.17) is 0 Å². The van der Waals surface area contributed by atoms with E-state index in [0.29, 0.717) is 17.8 Å². The summed E-state index contributed by atoms with van der Waals surface area (Å²) in [4.78, 5) is 14.1. The van der Waals surface area contributed by atoms with E-state index in [-0.39, 0.29) is 11.6 Å². The molecule has 1 atom stereocenters. The van der Waals surface area contributed by atoms with Gasteiger partial charge in [-0.15, -0.1) is 0 Å². The number of carbonyl (C=O) groups excluding carboxylic acids is 1. The molecule has 4 nitrogen and oxygen atoms in total. The Morgan fingerprint density at radius 3 is 2.20 bits per heavy atom. The highest BCUT2D eigenvalue weighted by atomic mass is 19.4. The first-order valence-electron chi connectivity index (χ1n) is 8.88. The number of nitrogens with zero attached hydrogens (tertiary/aromatic N) is 1. The van der Waals surface area contributed by atoms with E-state index in [1.165, 1.54) is 26.3 Å². The summed E-state index contributed by atoms with van der Waals surface area (Å²) in [6.45, 7) is 0. The van der Waals surface area contributed by atoms with Gasteiger partial charge < -0.3 is 15.3 Å². The summed E-state index contributed by atoms with van der Waals surface area (Å²) in [5, 5.41) is 12.8. The Hall–Kier alpha value is -1.50. The van der Waals surface area contributed by atoms with Gasteiger partial charge in [0.25, 0.3) is 0 Å². The second kappa shape index (κ2) is 5.50. The van der Waals surface area contributed by atoms with E-state index in [9.17, 15) is 23.1 Å². The first-order valence-corrected chi connectivity index (χ1v) is 8.88. The van der Waals surface area contributed by atoms with Gasteiger partial charge in [-0.25, -0.2) is 0 Å². The molecular formula is C18H23F3N2O2. The van der Waals surface area contributed by atoms with E-state index in [0.717, 1.165) is 36.4 Å². The van der Waals surface area contributed by atoms with Crippen molar-refractivity contribution < 1.29 is 23.1 Å². The van der Waals surface area contributed by atoms with Gasteiger partial charge >= 0.3 is 6.18 Å². The number of rotatable bonds is 2. The fourth-order valence-corrected chi connectivity index (χ4v) is 5.70. The molecule has 5 rings (SSSR count). The van der Waals surface area contributed by atoms with Gasteiger partial charge in [-0.05, 0) is 62.4 Å². The number of hydrogen-bond donors (Lipinski definition) is 2. The van der Waals surface area contributed by atoms with Crippen LogP contribution in [0.25, 0.3) is 0 Å². The summed E-state index contributed by atoms with van der Waals surface area (Å²) < 4.78 is 39.1. The minimum atomic E-state index is -4.52. The maximum Gasteiger partial charge on any atom is 0.417 e. The fourth-order valence-electron chi connectivity index (χ4n) is 5.70. The van der Waals surface area contributed by atoms with Gasteiger partial charge in [0.2, 0.25) is 5.91 Å². The summed E-state index contributed by atoms with van der Waals surface area (Å²) in [5.41, 5.74) is -1.42. The van der Waals surface area contributed by atoms with Crippen molar-refractivity contribution in [2.24, 2.45) is 23.2 Å². The highest BCUT2D eigenvalue weighted by Crippen LogP contribution is 2.60. The molecule has 4 saturated carbocycles. The second-order valence-corrected chi connectivity index (χ2v) is 8.37. The molecule has 0 spiro atoms. The first kappa shape index (κ1) is 16.9. The lowest BCUT2D eigenvalue weighted by Gasteiger charge is -2.55. The van der Waals surface area contributed by atoms with Crippen LogP contribution in [0.2, 0.25) is 0 Å². The molecule has 25 heavy (non-hydrogen) atoms. The number of alkyl halides is 3. The lowest BCUT2D eigenvalue weighted by molar-refractivity contribution is -0.146. The molecule has 4 aliphatic carbocycles. The third kappa shape index (κ3) is 2.86. The highest BCUT2D eigenvalue weighted by molar-refractivity contribution is 5.85. The summed E-state index contributed by atoms with van der Waals surface area (Å²) in [5.74, 6) is 1.48. The Morgan fingerprint density at radius 2 is 1.72 bits per heavy atom. The molecular weight excluding hydrogens is 333 g/mol. The van der Waals surface area contributed by atoms with Crippen LogP contribution >= 0.6 is 0 Å². The van der Waals surface area contributed by atoms with Crippen LogP contribution in [0, 0.1) is 23.2 Å². The number of hydrogen-bond acceptors (Lipinski definition) is 3. The Morgan fingerprint density at radius 1 is 1.20 bits per heavy atom. The Labute approximate surface area is 144 Å². The van der Waals surface area contributed by atoms with Gasteiger partial charge in [-0.1, -0.05) is 0 Å². The molecule has 1 aliphatic heterocycles. The molecule has 1 heterocycles. The Kier molecular flexibility index (Phi) is 3.72. The van der Waals surface area contributed by atoms with Crippen LogP contribution in [0.15, 0.2) is 23.5 Å². The molecule has 0 aromatic heterocycles. The average molecular weight is 356 g/mol. The molecule has 4 bridgehead atoms. The lowest BCUT2D eigenvalue weighted by Crippen LogP contribution is -2.54. The first-order chi connectivity index (χ1) is 11.7. The van der Waals surface area contributed by atoms with Crippen LogP contribution in [0.1, 0.15) is 38.5 Å². The van der Waals surface area contributed by atoms with E-state index < -0.39 is 23.4 Å². The van der Waals surface area contributed by atoms with Gasteiger partial charge in [-0.2, -0.15) is 13.2 Å². The maximum atomic E-state index is 13.0. The number of aliphatic hydroxyl groups excluding tert-OH is 1. The predicted molar refractivity (Wildman–Crippen MR) is 84.7 cm³/mol. The van der Waals surface area contributed by atoms with Gasteiger partial charge in [0.1, 0.15) is 0 Å². The van der Waals surface area contributed by atoms with E-state index in [1.54, 1.807) is 0 Å². The van der Waals surface area contributed by atoms with Crippen LogP contribution in [-0.2, 0) is 4.79 Å². The predicted octanol–water partition coefficient (Wildman–Crippen LogP) is 2.91. The van der Waals surface area contributed by atoms with Gasteiger partial charge in [-0.3, -0.25) is 4.79 Å². The van der Waals surface area contributed by atoms with Crippen molar-refractivity contribution in [3.63, 3.8) is 0 Å². The van der Waals surface area contributed by atoms with Crippen LogP contribution < -0.4 is 5.32 Å². The third-order valence-corrected chi connectivity index (χ3v) is 6.42. The second-order valence-electron chi connectivity index (χ2n) is 8.37. The number of allylic oxidation sites excluding steroid dienone is 2. The van der Waals surface area contributed by atoms with Crippen molar-refractivity contribution in [2.45, 2.75) is 50.9 Å². The highest BCUT2D eigenvalue weighted by Gasteiger charge is 2.55. The van der Waals surface area contributed by atoms with E-state index in [1.807, 2.05) is 0 Å². The third-order valence-electron chi connectivity index (χ3n) is 6.42. The van der Waals surface area contributed by atoms with Crippen molar-refractivity contribution in [2.75, 3.05) is 7.05 Å². The maximum absolute atomic E-state index is 13.0. The summed E-state index contributed by atoms with van der Waals surface area (Å²) >= 11 is 0. The number of amides is 1. The SMILES string of the molecule is CN1C=C(C(F)(F)F)C=C(NC(=O)C23CC4CC(CC(C4)C2)C3)C1O. The Balaban J connectivity index is 1.56. The largest absolute Gasteiger partial charge is 0.417 e. The summed E-state index contributed by atoms with van der Waals surface area (Å²) in [6.07, 6.45) is 1.93. The molecule has 0 radical (unpaired) electrons. The lowest BCUT2D eigenvalue weighted by atomic mass is 9.49. The molecule has 5 aliphatic rings. The van der Waals surface area contributed by atoms with Crippen molar-refractivity contribution in [1.82, 2.24) is 10.2 Å². The standard InChI is InChI=1S/C18H23F3N2O2/c1-23-9-13(18(19,20)21)5-14(15(23)24)22-16(25)17-6-10-2-11(7-17)4-12(3-10)8-17/h5,9-12,15,24H,2-4,6-8H2,1H3,(H,22,25). The van der Waals surface area contributed by atoms with Crippen LogP contribution in [0.3, 0.4) is 0 Å². The average Bonchev–Trinajstić information content (AvgIpc) is 2.49. The molecule has 1 unspecified atom stereocenters.